The second kappa shape index (κ2) is 11.2. The van der Waals surface area contributed by atoms with Gasteiger partial charge in [0, 0.05) is 44.5 Å². The lowest BCUT2D eigenvalue weighted by Gasteiger charge is -2.33. The summed E-state index contributed by atoms with van der Waals surface area (Å²) in [5, 5.41) is 0.337. The summed E-state index contributed by atoms with van der Waals surface area (Å²) in [6, 6.07) is 6.07. The zero-order valence-electron chi connectivity index (χ0n) is 20.4. The van der Waals surface area contributed by atoms with Gasteiger partial charge < -0.3 is 18.9 Å². The lowest BCUT2D eigenvalue weighted by Crippen LogP contribution is -2.48. The van der Waals surface area contributed by atoms with E-state index in [0.717, 1.165) is 13.1 Å². The molecule has 0 aliphatic carbocycles. The van der Waals surface area contributed by atoms with Gasteiger partial charge in [0.25, 0.3) is 5.91 Å². The fourth-order valence-corrected chi connectivity index (χ4v) is 4.63. The molecule has 1 aliphatic rings. The highest BCUT2D eigenvalue weighted by Gasteiger charge is 2.33. The zero-order valence-corrected chi connectivity index (χ0v) is 21.1. The van der Waals surface area contributed by atoms with Crippen molar-refractivity contribution in [3.05, 3.63) is 57.4 Å². The molecule has 1 atom stereocenters. The summed E-state index contributed by atoms with van der Waals surface area (Å²) in [6.07, 6.45) is 0. The van der Waals surface area contributed by atoms with Crippen LogP contribution in [0.3, 0.4) is 0 Å². The number of hydrogen-bond donors (Lipinski definition) is 0. The number of rotatable bonds is 8. The molecule has 0 bridgehead atoms. The topological polar surface area (TPSA) is 81.1 Å². The third-order valence-electron chi connectivity index (χ3n) is 6.53. The van der Waals surface area contributed by atoms with Gasteiger partial charge in [0.1, 0.15) is 5.69 Å². The number of nitrogens with zero attached hydrogens (tertiary/aromatic N) is 3. The molecule has 1 aliphatic heterocycles. The Labute approximate surface area is 205 Å². The second-order valence-electron chi connectivity index (χ2n) is 8.46. The Balaban J connectivity index is 1.95. The Morgan fingerprint density at radius 3 is 2.44 bits per heavy atom. The molecule has 9 heteroatoms. The number of hydrogen-bond acceptors (Lipinski definition) is 6. The fourth-order valence-electron chi connectivity index (χ4n) is 4.41. The van der Waals surface area contributed by atoms with Crippen LogP contribution in [-0.2, 0) is 16.5 Å². The summed E-state index contributed by atoms with van der Waals surface area (Å²) >= 11 is 6.32. The first-order valence-electron chi connectivity index (χ1n) is 11.3. The van der Waals surface area contributed by atoms with E-state index in [1.807, 2.05) is 0 Å². The summed E-state index contributed by atoms with van der Waals surface area (Å²) in [5.74, 6) is -1.05. The van der Waals surface area contributed by atoms with E-state index in [0.29, 0.717) is 59.4 Å². The average Bonchev–Trinajstić information content (AvgIpc) is 3.06. The van der Waals surface area contributed by atoms with Crippen LogP contribution < -0.4 is 0 Å². The fraction of sp³-hybridized carbons (Fsp3) is 0.480. The SMILES string of the molecule is COC(=O)c1c(C)c(C(=O)[C@@H](C)N(CCN2CCOCC2)C(=O)c2ccccc2Cl)c(C)n1C. The minimum Gasteiger partial charge on any atom is -0.464 e. The lowest BCUT2D eigenvalue weighted by molar-refractivity contribution is 0.0298. The summed E-state index contributed by atoms with van der Waals surface area (Å²) in [6.45, 7) is 9.03. The van der Waals surface area contributed by atoms with Crippen LogP contribution in [0.1, 0.15) is 49.4 Å². The Bertz CT molecular complexity index is 1070. The number of carbonyl (C=O) groups is 3. The van der Waals surface area contributed by atoms with E-state index in [2.05, 4.69) is 4.90 Å². The number of Topliss-reactive ketones (excluding diaryl/α,β-unsaturated/α-hetero) is 1. The maximum absolute atomic E-state index is 13.8. The number of methoxy groups -OCH3 is 1. The van der Waals surface area contributed by atoms with E-state index in [1.165, 1.54) is 7.11 Å². The molecule has 184 valence electrons. The third kappa shape index (κ3) is 5.19. The number of halogens is 1. The zero-order chi connectivity index (χ0) is 25.0. The molecule has 0 N–H and O–H groups in total. The molecular formula is C25H32ClN3O5. The van der Waals surface area contributed by atoms with Gasteiger partial charge in [-0.15, -0.1) is 0 Å². The number of morpholine rings is 1. The molecule has 0 saturated carbocycles. The van der Waals surface area contributed by atoms with Gasteiger partial charge in [0.05, 0.1) is 37.0 Å². The van der Waals surface area contributed by atoms with Crippen molar-refractivity contribution in [1.29, 1.82) is 0 Å². The van der Waals surface area contributed by atoms with E-state index in [1.54, 1.807) is 61.6 Å². The van der Waals surface area contributed by atoms with Crippen LogP contribution >= 0.6 is 11.6 Å². The lowest BCUT2D eigenvalue weighted by atomic mass is 9.99. The molecule has 1 amide bonds. The number of esters is 1. The molecule has 1 saturated heterocycles. The highest BCUT2D eigenvalue weighted by Crippen LogP contribution is 2.26. The summed E-state index contributed by atoms with van der Waals surface area (Å²) in [4.78, 5) is 43.4. The number of aromatic nitrogens is 1. The van der Waals surface area contributed by atoms with Crippen molar-refractivity contribution in [2.45, 2.75) is 26.8 Å². The predicted molar refractivity (Wildman–Crippen MR) is 130 cm³/mol. The maximum Gasteiger partial charge on any atom is 0.354 e. The molecule has 2 heterocycles. The minimum absolute atomic E-state index is 0.233. The van der Waals surface area contributed by atoms with Crippen molar-refractivity contribution in [1.82, 2.24) is 14.4 Å². The van der Waals surface area contributed by atoms with E-state index < -0.39 is 12.0 Å². The van der Waals surface area contributed by atoms with Crippen molar-refractivity contribution in [2.24, 2.45) is 7.05 Å². The largest absolute Gasteiger partial charge is 0.464 e. The molecule has 2 aromatic rings. The van der Waals surface area contributed by atoms with Crippen molar-refractivity contribution < 1.29 is 23.9 Å². The molecule has 1 aromatic carbocycles. The summed E-state index contributed by atoms with van der Waals surface area (Å²) < 4.78 is 12.0. The first-order chi connectivity index (χ1) is 16.2. The van der Waals surface area contributed by atoms with Crippen molar-refractivity contribution in [3.63, 3.8) is 0 Å². The highest BCUT2D eigenvalue weighted by atomic mass is 35.5. The van der Waals surface area contributed by atoms with Crippen LogP contribution in [0.2, 0.25) is 5.02 Å². The van der Waals surface area contributed by atoms with Crippen LogP contribution in [0.15, 0.2) is 24.3 Å². The van der Waals surface area contributed by atoms with E-state index >= 15 is 0 Å². The normalized spacial score (nSPS) is 15.1. The number of amides is 1. The van der Waals surface area contributed by atoms with Gasteiger partial charge in [-0.1, -0.05) is 23.7 Å². The number of benzene rings is 1. The minimum atomic E-state index is -0.768. The number of ether oxygens (including phenoxy) is 2. The standard InChI is InChI=1S/C25H32ClN3O5/c1-16-21(17(2)27(4)22(16)25(32)33-5)23(30)18(3)29(11-10-28-12-14-34-15-13-28)24(31)19-8-6-7-9-20(19)26/h6-9,18H,10-15H2,1-5H3/t18-/m1/s1. The van der Waals surface area contributed by atoms with Crippen LogP contribution in [-0.4, -0.2) is 84.6 Å². The van der Waals surface area contributed by atoms with Crippen molar-refractivity contribution in [2.75, 3.05) is 46.5 Å². The third-order valence-corrected chi connectivity index (χ3v) is 6.86. The van der Waals surface area contributed by atoms with Crippen LogP contribution in [0.5, 0.6) is 0 Å². The first kappa shape index (κ1) is 25.9. The summed E-state index contributed by atoms with van der Waals surface area (Å²) in [7, 11) is 3.03. The Morgan fingerprint density at radius 2 is 1.82 bits per heavy atom. The average molecular weight is 490 g/mol. The molecule has 8 nitrogen and oxygen atoms in total. The van der Waals surface area contributed by atoms with Gasteiger partial charge in [-0.05, 0) is 38.5 Å². The molecule has 3 rings (SSSR count). The van der Waals surface area contributed by atoms with Gasteiger partial charge >= 0.3 is 5.97 Å². The van der Waals surface area contributed by atoms with Gasteiger partial charge in [0.2, 0.25) is 0 Å². The summed E-state index contributed by atoms with van der Waals surface area (Å²) in [5.41, 5.74) is 2.30. The van der Waals surface area contributed by atoms with Crippen LogP contribution in [0.4, 0.5) is 0 Å². The molecule has 34 heavy (non-hydrogen) atoms. The smallest absolute Gasteiger partial charge is 0.354 e. The van der Waals surface area contributed by atoms with Gasteiger partial charge in [-0.3, -0.25) is 14.5 Å². The van der Waals surface area contributed by atoms with Crippen LogP contribution in [0.25, 0.3) is 0 Å². The maximum atomic E-state index is 13.8. The molecular weight excluding hydrogens is 458 g/mol. The van der Waals surface area contributed by atoms with Gasteiger partial charge in [-0.2, -0.15) is 0 Å². The van der Waals surface area contributed by atoms with E-state index in [9.17, 15) is 14.4 Å². The van der Waals surface area contributed by atoms with Gasteiger partial charge in [0.15, 0.2) is 5.78 Å². The predicted octanol–water partition coefficient (Wildman–Crippen LogP) is 3.13. The Morgan fingerprint density at radius 1 is 1.18 bits per heavy atom. The van der Waals surface area contributed by atoms with E-state index in [-0.39, 0.29) is 11.7 Å². The molecule has 0 spiro atoms. The molecule has 0 unspecified atom stereocenters. The highest BCUT2D eigenvalue weighted by molar-refractivity contribution is 6.33. The quantitative estimate of drug-likeness (QED) is 0.418. The van der Waals surface area contributed by atoms with Gasteiger partial charge in [-0.25, -0.2) is 4.79 Å². The first-order valence-corrected chi connectivity index (χ1v) is 11.7. The Hall–Kier alpha value is -2.68. The Kier molecular flexibility index (Phi) is 8.52. The molecule has 1 aromatic heterocycles. The number of carbonyl (C=O) groups excluding carboxylic acids is 3. The number of ketones is 1. The molecule has 1 fully saturated rings. The molecule has 0 radical (unpaired) electrons. The van der Waals surface area contributed by atoms with Crippen molar-refractivity contribution >= 4 is 29.3 Å². The van der Waals surface area contributed by atoms with E-state index in [4.69, 9.17) is 21.1 Å². The second-order valence-corrected chi connectivity index (χ2v) is 8.86. The monoisotopic (exact) mass is 489 g/mol. The van der Waals surface area contributed by atoms with Crippen molar-refractivity contribution in [3.8, 4) is 0 Å². The van der Waals surface area contributed by atoms with Crippen LogP contribution in [0, 0.1) is 13.8 Å².